The Balaban J connectivity index is 1.60. The Morgan fingerprint density at radius 2 is 0.961 bits per heavy atom. The lowest BCUT2D eigenvalue weighted by Gasteiger charge is -2.32. The molecule has 0 unspecified atom stereocenters. The number of rotatable bonds is 8. The lowest BCUT2D eigenvalue weighted by molar-refractivity contribution is 0.590. The van der Waals surface area contributed by atoms with Crippen LogP contribution < -0.4 is 9.80 Å². The summed E-state index contributed by atoms with van der Waals surface area (Å²) in [5.74, 6) is 0. The Morgan fingerprint density at radius 3 is 1.43 bits per heavy atom. The van der Waals surface area contributed by atoms with Crippen molar-refractivity contribution >= 4 is 45.1 Å². The van der Waals surface area contributed by atoms with Gasteiger partial charge in [0, 0.05) is 28.1 Å². The van der Waals surface area contributed by atoms with E-state index in [1.165, 1.54) is 50.2 Å². The molecule has 0 saturated carbocycles. The number of hydrogen-bond acceptors (Lipinski definition) is 3. The minimum atomic E-state index is 0.0708. The number of fused-ring (bicyclic) bond motifs is 1. The van der Waals surface area contributed by atoms with Gasteiger partial charge in [-0.25, -0.2) is 0 Å². The van der Waals surface area contributed by atoms with Crippen LogP contribution >= 0.6 is 0 Å². The highest BCUT2D eigenvalue weighted by atomic mass is 16.3. The van der Waals surface area contributed by atoms with Crippen LogP contribution in [0.15, 0.2) is 102 Å². The second-order valence-corrected chi connectivity index (χ2v) is 16.5. The molecule has 0 spiro atoms. The molecule has 0 bridgehead atoms. The van der Waals surface area contributed by atoms with Gasteiger partial charge in [-0.2, -0.15) is 0 Å². The first-order chi connectivity index (χ1) is 24.1. The largest absolute Gasteiger partial charge is 0.462 e. The van der Waals surface area contributed by atoms with Gasteiger partial charge in [-0.1, -0.05) is 97.4 Å². The third-order valence-electron chi connectivity index (χ3n) is 10.3. The molecule has 0 N–H and O–H groups in total. The summed E-state index contributed by atoms with van der Waals surface area (Å²) < 4.78 is 6.39. The molecule has 6 rings (SSSR count). The number of anilines is 6. The quantitative estimate of drug-likeness (QED) is 0.160. The van der Waals surface area contributed by atoms with E-state index in [0.717, 1.165) is 52.2 Å². The van der Waals surface area contributed by atoms with Crippen molar-refractivity contribution in [3.63, 3.8) is 0 Å². The lowest BCUT2D eigenvalue weighted by Crippen LogP contribution is -2.16. The van der Waals surface area contributed by atoms with Crippen LogP contribution in [0.4, 0.5) is 34.1 Å². The normalized spacial score (nSPS) is 12.1. The van der Waals surface area contributed by atoms with Crippen molar-refractivity contribution in [2.24, 2.45) is 0 Å². The van der Waals surface area contributed by atoms with Crippen molar-refractivity contribution < 1.29 is 4.42 Å². The summed E-state index contributed by atoms with van der Waals surface area (Å²) >= 11 is 0. The van der Waals surface area contributed by atoms with Crippen molar-refractivity contribution in [2.75, 3.05) is 9.80 Å². The zero-order chi connectivity index (χ0) is 36.8. The zero-order valence-electron chi connectivity index (χ0n) is 33.0. The van der Waals surface area contributed by atoms with Gasteiger partial charge >= 0.3 is 0 Å². The van der Waals surface area contributed by atoms with Crippen LogP contribution in [0.2, 0.25) is 0 Å². The monoisotopic (exact) mass is 676 g/mol. The van der Waals surface area contributed by atoms with Gasteiger partial charge in [-0.3, -0.25) is 0 Å². The van der Waals surface area contributed by atoms with E-state index in [1.807, 2.05) is 6.26 Å². The summed E-state index contributed by atoms with van der Waals surface area (Å²) in [6.45, 7) is 26.9. The van der Waals surface area contributed by atoms with E-state index in [-0.39, 0.29) is 10.8 Å². The first-order valence-electron chi connectivity index (χ1n) is 18.6. The second kappa shape index (κ2) is 13.8. The molecule has 0 aliphatic rings. The fourth-order valence-corrected chi connectivity index (χ4v) is 7.56. The maximum absolute atomic E-state index is 6.39. The van der Waals surface area contributed by atoms with Gasteiger partial charge in [-0.05, 0) is 145 Å². The van der Waals surface area contributed by atoms with Gasteiger partial charge in [0.2, 0.25) is 0 Å². The summed E-state index contributed by atoms with van der Waals surface area (Å²) in [4.78, 5) is 4.83. The molecule has 6 aromatic rings. The summed E-state index contributed by atoms with van der Waals surface area (Å²) in [5.41, 5.74) is 18.1. The predicted molar refractivity (Wildman–Crippen MR) is 221 cm³/mol. The van der Waals surface area contributed by atoms with Crippen LogP contribution in [0.3, 0.4) is 0 Å². The molecule has 0 saturated heterocycles. The van der Waals surface area contributed by atoms with Gasteiger partial charge in [0.25, 0.3) is 0 Å². The van der Waals surface area contributed by atoms with Gasteiger partial charge in [0.1, 0.15) is 11.8 Å². The Kier molecular flexibility index (Phi) is 9.72. The SMILES string of the molecule is CCc1cc2occ(N(c3cc(C)cc(N(c4ccc(C(C)(C)C)cc4)c4ccc(C(C)(C)C)cc4)c3)c3c(C)cc(C)cc3C)c2cc1CC. The summed E-state index contributed by atoms with van der Waals surface area (Å²) in [6.07, 6.45) is 3.93. The standard InChI is InChI=1S/C48H56N2O/c1-13-35-27-43-44(30-51-45(43)28-36(35)14-2)50(46-33(5)23-31(3)24-34(46)6)42-26-32(4)25-41(29-42)49(39-19-15-37(16-20-39)47(7,8)9)40-21-17-38(18-22-40)48(10,11)12/h15-30H,13-14H2,1-12H3. The molecule has 0 aliphatic heterocycles. The average Bonchev–Trinajstić information content (AvgIpc) is 3.47. The number of aryl methyl sites for hydroxylation is 6. The highest BCUT2D eigenvalue weighted by Crippen LogP contribution is 2.46. The number of nitrogens with zero attached hydrogens (tertiary/aromatic N) is 2. The van der Waals surface area contributed by atoms with Crippen molar-refractivity contribution in [3.05, 3.63) is 142 Å². The van der Waals surface area contributed by atoms with Crippen LogP contribution in [0, 0.1) is 27.7 Å². The molecule has 1 aromatic heterocycles. The van der Waals surface area contributed by atoms with Crippen molar-refractivity contribution in [1.29, 1.82) is 0 Å². The summed E-state index contributed by atoms with van der Waals surface area (Å²) in [7, 11) is 0. The number of hydrogen-bond donors (Lipinski definition) is 0. The molecule has 0 amide bonds. The molecule has 3 heteroatoms. The van der Waals surface area contributed by atoms with Gasteiger partial charge in [-0.15, -0.1) is 0 Å². The third kappa shape index (κ3) is 7.22. The molecule has 0 radical (unpaired) electrons. The molecule has 0 aliphatic carbocycles. The molecule has 264 valence electrons. The lowest BCUT2D eigenvalue weighted by atomic mass is 9.86. The molecule has 5 aromatic carbocycles. The van der Waals surface area contributed by atoms with E-state index >= 15 is 0 Å². The topological polar surface area (TPSA) is 19.6 Å². The minimum absolute atomic E-state index is 0.0708. The molecular formula is C48H56N2O. The fourth-order valence-electron chi connectivity index (χ4n) is 7.56. The number of furan rings is 1. The van der Waals surface area contributed by atoms with Gasteiger partial charge in [0.05, 0.1) is 11.4 Å². The Bertz CT molecular complexity index is 2090. The van der Waals surface area contributed by atoms with E-state index in [2.05, 4.69) is 184 Å². The van der Waals surface area contributed by atoms with E-state index < -0.39 is 0 Å². The van der Waals surface area contributed by atoms with Crippen LogP contribution in [0.1, 0.15) is 99.9 Å². The molecule has 1 heterocycles. The van der Waals surface area contributed by atoms with E-state index in [0.29, 0.717) is 0 Å². The molecule has 3 nitrogen and oxygen atoms in total. The van der Waals surface area contributed by atoms with Crippen LogP contribution in [-0.2, 0) is 23.7 Å². The first-order valence-corrected chi connectivity index (χ1v) is 18.6. The van der Waals surface area contributed by atoms with E-state index in [4.69, 9.17) is 4.42 Å². The molecule has 0 atom stereocenters. The second-order valence-electron chi connectivity index (χ2n) is 16.5. The first kappa shape index (κ1) is 36.0. The maximum atomic E-state index is 6.39. The van der Waals surface area contributed by atoms with Crippen molar-refractivity contribution in [2.45, 2.75) is 107 Å². The van der Waals surface area contributed by atoms with E-state index in [1.54, 1.807) is 0 Å². The smallest absolute Gasteiger partial charge is 0.136 e. The summed E-state index contributed by atoms with van der Waals surface area (Å²) in [5, 5.41) is 1.14. The number of benzene rings is 5. The average molecular weight is 677 g/mol. The predicted octanol–water partition coefficient (Wildman–Crippen LogP) is 14.3. The Labute approximate surface area is 306 Å². The van der Waals surface area contributed by atoms with E-state index in [9.17, 15) is 0 Å². The third-order valence-corrected chi connectivity index (χ3v) is 10.3. The minimum Gasteiger partial charge on any atom is -0.462 e. The Hall–Kier alpha value is -4.76. The van der Waals surface area contributed by atoms with Crippen molar-refractivity contribution in [1.82, 2.24) is 0 Å². The molecule has 0 fully saturated rings. The van der Waals surface area contributed by atoms with Gasteiger partial charge in [0.15, 0.2) is 0 Å². The highest BCUT2D eigenvalue weighted by Gasteiger charge is 2.25. The van der Waals surface area contributed by atoms with Crippen LogP contribution in [-0.4, -0.2) is 0 Å². The van der Waals surface area contributed by atoms with Gasteiger partial charge < -0.3 is 14.2 Å². The molecule has 51 heavy (non-hydrogen) atoms. The fraction of sp³-hybridized carbons (Fsp3) is 0.333. The van der Waals surface area contributed by atoms with Crippen LogP contribution in [0.25, 0.3) is 11.0 Å². The highest BCUT2D eigenvalue weighted by molar-refractivity contribution is 5.99. The zero-order valence-corrected chi connectivity index (χ0v) is 33.0. The van der Waals surface area contributed by atoms with Crippen molar-refractivity contribution in [3.8, 4) is 0 Å². The Morgan fingerprint density at radius 1 is 0.510 bits per heavy atom. The summed E-state index contributed by atoms with van der Waals surface area (Å²) in [6, 6.07) is 34.4. The van der Waals surface area contributed by atoms with Crippen LogP contribution in [0.5, 0.6) is 0 Å². The maximum Gasteiger partial charge on any atom is 0.136 e. The molecular weight excluding hydrogens is 621 g/mol.